The largest absolute Gasteiger partial charge is 0.289 e. The number of fused-ring (bicyclic) bond motifs is 3. The van der Waals surface area contributed by atoms with Crippen LogP contribution < -0.4 is 0 Å². The molecular weight excluding hydrogens is 588 g/mol. The molecule has 0 saturated carbocycles. The Hall–Kier alpha value is -6.99. The number of benzene rings is 6. The van der Waals surface area contributed by atoms with E-state index in [4.69, 9.17) is 0 Å². The Morgan fingerprint density at radius 1 is 0.271 bits per heavy atom. The van der Waals surface area contributed by atoms with Gasteiger partial charge in [0, 0.05) is 66.8 Å². The lowest BCUT2D eigenvalue weighted by Crippen LogP contribution is -2.03. The van der Waals surface area contributed by atoms with Crippen LogP contribution in [0.15, 0.2) is 146 Å². The SMILES string of the molecule is O=C(c1ccccc1)c1ccc2c(c1)C#Cc1ccc(C(=O)c3ccccc3)cc1C#Cc1ccc(C(=O)c3ccccc3)cc1C#C2. The number of hydrogen-bond acceptors (Lipinski definition) is 3. The first kappa shape index (κ1) is 29.7. The van der Waals surface area contributed by atoms with Gasteiger partial charge in [-0.3, -0.25) is 14.4 Å². The highest BCUT2D eigenvalue weighted by atomic mass is 16.1. The Kier molecular flexibility index (Phi) is 8.15. The molecule has 0 saturated heterocycles. The van der Waals surface area contributed by atoms with Crippen molar-refractivity contribution in [2.45, 2.75) is 0 Å². The first-order valence-electron chi connectivity index (χ1n) is 15.3. The first-order valence-corrected chi connectivity index (χ1v) is 15.3. The molecule has 0 bridgehead atoms. The molecule has 48 heavy (non-hydrogen) atoms. The second kappa shape index (κ2) is 13.2. The fourth-order valence-corrected chi connectivity index (χ4v) is 5.37. The smallest absolute Gasteiger partial charge is 0.193 e. The van der Waals surface area contributed by atoms with Crippen molar-refractivity contribution in [1.82, 2.24) is 0 Å². The van der Waals surface area contributed by atoms with Crippen molar-refractivity contribution >= 4 is 17.3 Å². The maximum Gasteiger partial charge on any atom is 0.193 e. The van der Waals surface area contributed by atoms with Gasteiger partial charge in [-0.05, 0) is 54.6 Å². The molecule has 1 aliphatic carbocycles. The first-order chi connectivity index (χ1) is 23.5. The predicted octanol–water partition coefficient (Wildman–Crippen LogP) is 7.89. The molecule has 6 aromatic rings. The summed E-state index contributed by atoms with van der Waals surface area (Å²) in [6.45, 7) is 0. The van der Waals surface area contributed by atoms with Crippen molar-refractivity contribution < 1.29 is 14.4 Å². The molecular formula is C45H24O3. The van der Waals surface area contributed by atoms with Gasteiger partial charge in [0.05, 0.1) is 0 Å². The lowest BCUT2D eigenvalue weighted by atomic mass is 9.95. The molecule has 6 aromatic carbocycles. The molecule has 0 radical (unpaired) electrons. The van der Waals surface area contributed by atoms with Crippen LogP contribution in [0, 0.1) is 35.5 Å². The summed E-state index contributed by atoms with van der Waals surface area (Å²) in [4.78, 5) is 40.0. The van der Waals surface area contributed by atoms with Crippen molar-refractivity contribution in [1.29, 1.82) is 0 Å². The monoisotopic (exact) mass is 612 g/mol. The molecule has 0 aromatic heterocycles. The van der Waals surface area contributed by atoms with Crippen LogP contribution in [0.4, 0.5) is 0 Å². The van der Waals surface area contributed by atoms with Crippen LogP contribution in [0.25, 0.3) is 0 Å². The number of rotatable bonds is 6. The zero-order valence-corrected chi connectivity index (χ0v) is 25.6. The van der Waals surface area contributed by atoms with Gasteiger partial charge in [-0.15, -0.1) is 0 Å². The van der Waals surface area contributed by atoms with E-state index >= 15 is 0 Å². The van der Waals surface area contributed by atoms with E-state index in [0.29, 0.717) is 66.8 Å². The summed E-state index contributed by atoms with van der Waals surface area (Å²) < 4.78 is 0. The topological polar surface area (TPSA) is 51.2 Å². The molecule has 3 nitrogen and oxygen atoms in total. The maximum absolute atomic E-state index is 13.3. The van der Waals surface area contributed by atoms with E-state index in [1.54, 1.807) is 91.0 Å². The fourth-order valence-electron chi connectivity index (χ4n) is 5.37. The van der Waals surface area contributed by atoms with E-state index < -0.39 is 0 Å². The zero-order chi connectivity index (χ0) is 32.9. The van der Waals surface area contributed by atoms with Crippen molar-refractivity contribution in [3.63, 3.8) is 0 Å². The van der Waals surface area contributed by atoms with E-state index in [0.717, 1.165) is 0 Å². The Balaban J connectivity index is 1.39. The van der Waals surface area contributed by atoms with Crippen LogP contribution in [-0.2, 0) is 0 Å². The van der Waals surface area contributed by atoms with Crippen molar-refractivity contribution in [2.24, 2.45) is 0 Å². The minimum absolute atomic E-state index is 0.121. The van der Waals surface area contributed by atoms with Gasteiger partial charge in [0.2, 0.25) is 0 Å². The van der Waals surface area contributed by atoms with Gasteiger partial charge in [0.1, 0.15) is 0 Å². The van der Waals surface area contributed by atoms with Crippen LogP contribution in [0.1, 0.15) is 81.1 Å². The molecule has 0 fully saturated rings. The summed E-state index contributed by atoms with van der Waals surface area (Å²) >= 11 is 0. The number of hydrogen-bond donors (Lipinski definition) is 0. The highest BCUT2D eigenvalue weighted by Crippen LogP contribution is 2.20. The summed E-state index contributed by atoms with van der Waals surface area (Å²) in [5.74, 6) is 19.0. The van der Waals surface area contributed by atoms with E-state index in [9.17, 15) is 14.4 Å². The van der Waals surface area contributed by atoms with Crippen molar-refractivity contribution in [3.8, 4) is 35.5 Å². The van der Waals surface area contributed by atoms with Gasteiger partial charge in [-0.1, -0.05) is 127 Å². The van der Waals surface area contributed by atoms with Crippen molar-refractivity contribution in [2.75, 3.05) is 0 Å². The van der Waals surface area contributed by atoms with Crippen LogP contribution >= 0.6 is 0 Å². The highest BCUT2D eigenvalue weighted by Gasteiger charge is 2.14. The molecule has 0 atom stereocenters. The molecule has 7 rings (SSSR count). The molecule has 0 amide bonds. The molecule has 0 heterocycles. The molecule has 222 valence electrons. The third-order valence-electron chi connectivity index (χ3n) is 7.95. The maximum atomic E-state index is 13.3. The van der Waals surface area contributed by atoms with Crippen LogP contribution in [0.5, 0.6) is 0 Å². The van der Waals surface area contributed by atoms with Gasteiger partial charge in [0.15, 0.2) is 17.3 Å². The van der Waals surface area contributed by atoms with Crippen molar-refractivity contribution in [3.05, 3.63) is 212 Å². The van der Waals surface area contributed by atoms with E-state index in [2.05, 4.69) is 35.5 Å². The summed E-state index contributed by atoms with van der Waals surface area (Å²) in [6.07, 6.45) is 0. The Morgan fingerprint density at radius 3 is 0.792 bits per heavy atom. The summed E-state index contributed by atoms with van der Waals surface area (Å²) in [6, 6.07) is 43.2. The van der Waals surface area contributed by atoms with Crippen LogP contribution in [-0.4, -0.2) is 17.3 Å². The Morgan fingerprint density at radius 2 is 0.521 bits per heavy atom. The summed E-state index contributed by atoms with van der Waals surface area (Å²) in [5.41, 5.74) is 6.80. The third-order valence-corrected chi connectivity index (χ3v) is 7.95. The van der Waals surface area contributed by atoms with E-state index in [-0.39, 0.29) is 17.3 Å². The fraction of sp³-hybridized carbons (Fsp3) is 0. The lowest BCUT2D eigenvalue weighted by Gasteiger charge is -2.07. The summed E-state index contributed by atoms with van der Waals surface area (Å²) in [5, 5.41) is 0. The number of carbonyl (C=O) groups is 3. The van der Waals surface area contributed by atoms with Gasteiger partial charge < -0.3 is 0 Å². The molecule has 1 aliphatic rings. The number of carbonyl (C=O) groups excluding carboxylic acids is 3. The molecule has 0 N–H and O–H groups in total. The van der Waals surface area contributed by atoms with E-state index in [1.165, 1.54) is 0 Å². The zero-order valence-electron chi connectivity index (χ0n) is 25.6. The normalized spacial score (nSPS) is 10.8. The van der Waals surface area contributed by atoms with Gasteiger partial charge >= 0.3 is 0 Å². The molecule has 0 unspecified atom stereocenters. The average molecular weight is 613 g/mol. The minimum Gasteiger partial charge on any atom is -0.289 e. The molecule has 0 aliphatic heterocycles. The minimum atomic E-state index is -0.121. The highest BCUT2D eigenvalue weighted by molar-refractivity contribution is 6.10. The van der Waals surface area contributed by atoms with Crippen LogP contribution in [0.2, 0.25) is 0 Å². The average Bonchev–Trinajstić information content (AvgIpc) is 3.15. The Labute approximate surface area is 278 Å². The summed E-state index contributed by atoms with van der Waals surface area (Å²) in [7, 11) is 0. The van der Waals surface area contributed by atoms with Gasteiger partial charge in [-0.2, -0.15) is 0 Å². The second-order valence-corrected chi connectivity index (χ2v) is 11.1. The number of ketones is 3. The molecule has 0 spiro atoms. The quantitative estimate of drug-likeness (QED) is 0.142. The van der Waals surface area contributed by atoms with Gasteiger partial charge in [-0.25, -0.2) is 0 Å². The predicted molar refractivity (Wildman–Crippen MR) is 187 cm³/mol. The van der Waals surface area contributed by atoms with Crippen LogP contribution in [0.3, 0.4) is 0 Å². The standard InChI is InChI=1S/C45H24O3/c46-43(34-10-4-1-5-11-34)40-25-19-31-17-23-38-29-42(45(48)36-14-8-3-9-15-36)27-21-33(38)18-24-39-30-41(44(47)35-12-6-2-7-13-35)26-20-32(39)16-22-37(31)28-40/h1-15,19-21,25-30H. The van der Waals surface area contributed by atoms with Gasteiger partial charge in [0.25, 0.3) is 0 Å². The molecule has 3 heteroatoms. The second-order valence-electron chi connectivity index (χ2n) is 11.1. The Bertz CT molecular complexity index is 2160. The van der Waals surface area contributed by atoms with E-state index in [1.807, 2.05) is 54.6 Å². The third kappa shape index (κ3) is 6.24. The lowest BCUT2D eigenvalue weighted by molar-refractivity contribution is 0.103.